The first-order valence-corrected chi connectivity index (χ1v) is 10.8. The summed E-state index contributed by atoms with van der Waals surface area (Å²) in [7, 11) is 0. The fourth-order valence-corrected chi connectivity index (χ4v) is 4.39. The van der Waals surface area contributed by atoms with Gasteiger partial charge in [-0.2, -0.15) is 4.91 Å². The molecular formula is C21H21N5O2S2. The lowest BCUT2D eigenvalue weighted by molar-refractivity contribution is 0.140. The van der Waals surface area contributed by atoms with Crippen molar-refractivity contribution in [1.82, 2.24) is 15.3 Å². The molecular weight excluding hydrogens is 418 g/mol. The van der Waals surface area contributed by atoms with Crippen LogP contribution in [0.5, 0.6) is 0 Å². The quantitative estimate of drug-likeness (QED) is 0.175. The van der Waals surface area contributed by atoms with Crippen LogP contribution in [0.25, 0.3) is 21.0 Å². The highest BCUT2D eigenvalue weighted by molar-refractivity contribution is 7.80. The number of benzene rings is 2. The van der Waals surface area contributed by atoms with Crippen molar-refractivity contribution in [2.24, 2.45) is 5.18 Å². The molecule has 0 amide bonds. The number of thiophene rings is 1. The van der Waals surface area contributed by atoms with Gasteiger partial charge in [0.25, 0.3) is 0 Å². The van der Waals surface area contributed by atoms with Crippen molar-refractivity contribution < 1.29 is 5.11 Å². The number of hydrogen-bond acceptors (Lipinski definition) is 9. The van der Waals surface area contributed by atoms with Crippen molar-refractivity contribution in [2.75, 3.05) is 11.9 Å². The van der Waals surface area contributed by atoms with Gasteiger partial charge in [0.15, 0.2) is 0 Å². The highest BCUT2D eigenvalue weighted by Crippen LogP contribution is 2.34. The monoisotopic (exact) mass is 439 g/mol. The van der Waals surface area contributed by atoms with Gasteiger partial charge in [-0.15, -0.1) is 24.0 Å². The topological polar surface area (TPSA) is 99.5 Å². The molecule has 0 spiro atoms. The molecule has 2 unspecified atom stereocenters. The Morgan fingerprint density at radius 3 is 2.90 bits per heavy atom. The smallest absolute Gasteiger partial charge is 0.227 e. The summed E-state index contributed by atoms with van der Waals surface area (Å²) in [5.74, 6) is 0.489. The van der Waals surface area contributed by atoms with Crippen molar-refractivity contribution in [2.45, 2.75) is 30.5 Å². The normalized spacial score (nSPS) is 13.4. The summed E-state index contributed by atoms with van der Waals surface area (Å²) in [6, 6.07) is 13.2. The average molecular weight is 440 g/mol. The van der Waals surface area contributed by atoms with Gasteiger partial charge >= 0.3 is 0 Å². The maximum Gasteiger partial charge on any atom is 0.227 e. The Kier molecular flexibility index (Phi) is 6.24. The van der Waals surface area contributed by atoms with Crippen LogP contribution in [-0.4, -0.2) is 27.7 Å². The minimum Gasteiger partial charge on any atom is -0.373 e. The van der Waals surface area contributed by atoms with Gasteiger partial charge in [0.1, 0.15) is 12.3 Å². The minimum atomic E-state index is -0.870. The van der Waals surface area contributed by atoms with Crippen LogP contribution in [0, 0.1) is 4.91 Å². The van der Waals surface area contributed by atoms with Crippen LogP contribution in [0.4, 0.5) is 11.6 Å². The molecule has 0 fully saturated rings. The fraction of sp³-hybridized carbons (Fsp3) is 0.238. The second-order valence-electron chi connectivity index (χ2n) is 6.91. The predicted molar refractivity (Wildman–Crippen MR) is 125 cm³/mol. The predicted octanol–water partition coefficient (Wildman–Crippen LogP) is 5.00. The first-order chi connectivity index (χ1) is 14.6. The zero-order valence-corrected chi connectivity index (χ0v) is 18.0. The molecule has 7 nitrogen and oxygen atoms in total. The van der Waals surface area contributed by atoms with Crippen LogP contribution in [0.2, 0.25) is 0 Å². The zero-order valence-electron chi connectivity index (χ0n) is 16.2. The fourth-order valence-electron chi connectivity index (χ4n) is 3.14. The van der Waals surface area contributed by atoms with Crippen LogP contribution < -0.4 is 10.6 Å². The molecule has 2 aromatic heterocycles. The van der Waals surface area contributed by atoms with Crippen molar-refractivity contribution >= 4 is 56.6 Å². The first-order valence-electron chi connectivity index (χ1n) is 9.56. The van der Waals surface area contributed by atoms with Gasteiger partial charge in [0, 0.05) is 43.7 Å². The van der Waals surface area contributed by atoms with Gasteiger partial charge in [0.2, 0.25) is 5.95 Å². The number of nitrogens with zero attached hydrogens (tertiary/aromatic N) is 3. The number of aliphatic hydroxyl groups excluding tert-OH is 1. The number of nitroso groups, excluding NO2 is 1. The van der Waals surface area contributed by atoms with Crippen LogP contribution in [0.15, 0.2) is 58.7 Å². The third kappa shape index (κ3) is 4.44. The number of aliphatic hydroxyl groups is 1. The van der Waals surface area contributed by atoms with Gasteiger partial charge in [-0.25, -0.2) is 9.97 Å². The lowest BCUT2D eigenvalue weighted by atomic mass is 10.1. The molecule has 3 N–H and O–H groups in total. The van der Waals surface area contributed by atoms with Crippen LogP contribution in [0.1, 0.15) is 24.4 Å². The molecule has 0 bridgehead atoms. The highest BCUT2D eigenvalue weighted by Gasteiger charge is 2.16. The SMILES string of the molecule is CCC(CNC(O)c1cc2c(ccc3cnc(Nc4cccc(S)c4)nc32)s1)N=O. The van der Waals surface area contributed by atoms with E-state index in [1.165, 1.54) is 11.3 Å². The second-order valence-corrected chi connectivity index (χ2v) is 8.54. The lowest BCUT2D eigenvalue weighted by Gasteiger charge is -2.12. The van der Waals surface area contributed by atoms with E-state index in [2.05, 4.69) is 33.4 Å². The van der Waals surface area contributed by atoms with Gasteiger partial charge < -0.3 is 10.4 Å². The molecule has 2 atom stereocenters. The van der Waals surface area contributed by atoms with E-state index in [1.54, 1.807) is 6.20 Å². The number of thiol groups is 1. The van der Waals surface area contributed by atoms with Crippen molar-refractivity contribution in [1.29, 1.82) is 0 Å². The van der Waals surface area contributed by atoms with Gasteiger partial charge in [0.05, 0.1) is 5.52 Å². The van der Waals surface area contributed by atoms with E-state index in [0.29, 0.717) is 18.9 Å². The Morgan fingerprint density at radius 2 is 2.13 bits per heavy atom. The maximum atomic E-state index is 10.8. The molecule has 154 valence electrons. The van der Waals surface area contributed by atoms with E-state index in [4.69, 9.17) is 4.98 Å². The van der Waals surface area contributed by atoms with E-state index in [0.717, 1.165) is 36.4 Å². The third-order valence-corrected chi connectivity index (χ3v) is 6.24. The number of hydrogen-bond donors (Lipinski definition) is 4. The number of rotatable bonds is 8. The largest absolute Gasteiger partial charge is 0.373 e. The molecule has 2 aromatic carbocycles. The van der Waals surface area contributed by atoms with Crippen molar-refractivity contribution in [3.05, 3.63) is 58.4 Å². The molecule has 2 heterocycles. The molecule has 4 rings (SSSR count). The second kappa shape index (κ2) is 9.05. The molecule has 0 saturated heterocycles. The Morgan fingerprint density at radius 1 is 1.27 bits per heavy atom. The van der Waals surface area contributed by atoms with E-state index in [9.17, 15) is 10.0 Å². The standard InChI is InChI=1S/C21H21N5O2S2/c1-2-13(26-28)11-22-20(27)18-9-16-17(30-18)7-6-12-10-23-21(25-19(12)16)24-14-4-3-5-15(29)8-14/h3-10,13,20,22,27,29H,2,11H2,1H3,(H,23,24,25). The maximum absolute atomic E-state index is 10.8. The summed E-state index contributed by atoms with van der Waals surface area (Å²) >= 11 is 5.85. The average Bonchev–Trinajstić information content (AvgIpc) is 3.19. The number of fused-ring (bicyclic) bond motifs is 3. The van der Waals surface area contributed by atoms with Gasteiger partial charge in [-0.3, -0.25) is 5.32 Å². The first kappa shape index (κ1) is 20.7. The highest BCUT2D eigenvalue weighted by atomic mass is 32.1. The van der Waals surface area contributed by atoms with Crippen molar-refractivity contribution in [3.63, 3.8) is 0 Å². The Hall–Kier alpha value is -2.59. The van der Waals surface area contributed by atoms with E-state index >= 15 is 0 Å². The number of aromatic nitrogens is 2. The third-order valence-electron chi connectivity index (χ3n) is 4.81. The summed E-state index contributed by atoms with van der Waals surface area (Å²) in [5.41, 5.74) is 1.66. The molecule has 0 saturated carbocycles. The van der Waals surface area contributed by atoms with Crippen LogP contribution in [-0.2, 0) is 0 Å². The molecule has 0 radical (unpaired) electrons. The van der Waals surface area contributed by atoms with E-state index < -0.39 is 6.23 Å². The molecule has 30 heavy (non-hydrogen) atoms. The Balaban J connectivity index is 1.64. The summed E-state index contributed by atoms with van der Waals surface area (Å²) in [4.78, 5) is 21.5. The summed E-state index contributed by atoms with van der Waals surface area (Å²) in [6.07, 6.45) is 1.54. The number of anilines is 2. The molecule has 9 heteroatoms. The molecule has 0 aliphatic rings. The molecule has 4 aromatic rings. The Labute approximate surface area is 182 Å². The van der Waals surface area contributed by atoms with Crippen molar-refractivity contribution in [3.8, 4) is 0 Å². The van der Waals surface area contributed by atoms with E-state index in [-0.39, 0.29) is 6.04 Å². The lowest BCUT2D eigenvalue weighted by Crippen LogP contribution is -2.28. The van der Waals surface area contributed by atoms with Gasteiger partial charge in [-0.1, -0.05) is 18.2 Å². The van der Waals surface area contributed by atoms with Crippen LogP contribution >= 0.6 is 24.0 Å². The van der Waals surface area contributed by atoms with E-state index in [1.807, 2.05) is 49.4 Å². The van der Waals surface area contributed by atoms with Gasteiger partial charge in [-0.05, 0) is 42.8 Å². The summed E-state index contributed by atoms with van der Waals surface area (Å²) in [6.45, 7) is 2.22. The minimum absolute atomic E-state index is 0.330. The Bertz CT molecular complexity index is 1200. The van der Waals surface area contributed by atoms with Crippen LogP contribution in [0.3, 0.4) is 0 Å². The zero-order chi connectivity index (χ0) is 21.1. The summed E-state index contributed by atoms with van der Waals surface area (Å²) < 4.78 is 1.01. The number of nitrogens with one attached hydrogen (secondary N) is 2. The molecule has 0 aliphatic heterocycles. The summed E-state index contributed by atoms with van der Waals surface area (Å²) in [5, 5.41) is 21.6. The molecule has 0 aliphatic carbocycles.